The van der Waals surface area contributed by atoms with Gasteiger partial charge in [-0.25, -0.2) is 21.6 Å². The molecule has 1 aromatic rings. The van der Waals surface area contributed by atoms with Crippen LogP contribution in [0.5, 0.6) is 0 Å². The Morgan fingerprint density at radius 1 is 1.20 bits per heavy atom. The molecule has 1 saturated heterocycles. The molecule has 1 aromatic carbocycles. The van der Waals surface area contributed by atoms with Crippen LogP contribution in [-0.4, -0.2) is 55.4 Å². The maximum Gasteiger partial charge on any atom is 0.240 e. The van der Waals surface area contributed by atoms with Crippen molar-refractivity contribution in [1.82, 2.24) is 10.0 Å². The fourth-order valence-corrected chi connectivity index (χ4v) is 5.85. The Hall–Kier alpha value is -1.00. The molecule has 25 heavy (non-hydrogen) atoms. The van der Waals surface area contributed by atoms with E-state index in [4.69, 9.17) is 4.74 Å². The predicted molar refractivity (Wildman–Crippen MR) is 96.1 cm³/mol. The summed E-state index contributed by atoms with van der Waals surface area (Å²) in [5, 5.41) is 3.31. The number of benzene rings is 1. The van der Waals surface area contributed by atoms with Crippen molar-refractivity contribution >= 4 is 19.9 Å². The fourth-order valence-electron chi connectivity index (χ4n) is 3.24. The number of sulfone groups is 1. The van der Waals surface area contributed by atoms with Gasteiger partial charge in [0.05, 0.1) is 21.9 Å². The van der Waals surface area contributed by atoms with Gasteiger partial charge in [0.2, 0.25) is 10.0 Å². The van der Waals surface area contributed by atoms with Crippen LogP contribution in [0.4, 0.5) is 0 Å². The van der Waals surface area contributed by atoms with Crippen LogP contribution in [0.15, 0.2) is 21.9 Å². The second-order valence-electron chi connectivity index (χ2n) is 6.73. The molecule has 1 aliphatic heterocycles. The summed E-state index contributed by atoms with van der Waals surface area (Å²) in [6.45, 7) is 4.59. The highest BCUT2D eigenvalue weighted by Crippen LogP contribution is 2.26. The number of hydrogen-bond donors (Lipinski definition) is 2. The summed E-state index contributed by atoms with van der Waals surface area (Å²) in [6, 6.07) is 2.99. The van der Waals surface area contributed by atoms with Crippen molar-refractivity contribution in [2.45, 2.75) is 42.0 Å². The van der Waals surface area contributed by atoms with Gasteiger partial charge in [-0.15, -0.1) is 0 Å². The van der Waals surface area contributed by atoms with E-state index in [1.807, 2.05) is 0 Å². The molecule has 0 bridgehead atoms. The van der Waals surface area contributed by atoms with Crippen LogP contribution in [0.25, 0.3) is 0 Å². The lowest BCUT2D eigenvalue weighted by molar-refractivity contribution is 0.122. The summed E-state index contributed by atoms with van der Waals surface area (Å²) in [7, 11) is -5.78. The van der Waals surface area contributed by atoms with Crippen molar-refractivity contribution < 1.29 is 21.6 Å². The standard InChI is InChI=1S/C16H26N2O5S2/c1-12-8-14(24(4,19)20)13(2)15(9-12)25(21,22)18-10-16(11-23-3)6-5-7-17-16/h8-9,17-18H,5-7,10-11H2,1-4H3. The molecule has 1 atom stereocenters. The highest BCUT2D eigenvalue weighted by atomic mass is 32.2. The van der Waals surface area contributed by atoms with Gasteiger partial charge < -0.3 is 10.1 Å². The van der Waals surface area contributed by atoms with E-state index < -0.39 is 25.4 Å². The number of hydrogen-bond acceptors (Lipinski definition) is 6. The van der Waals surface area contributed by atoms with E-state index in [0.29, 0.717) is 12.2 Å². The van der Waals surface area contributed by atoms with E-state index in [1.54, 1.807) is 14.0 Å². The molecule has 0 aromatic heterocycles. The minimum absolute atomic E-state index is 0.00140. The van der Waals surface area contributed by atoms with Crippen LogP contribution in [0.2, 0.25) is 0 Å². The summed E-state index contributed by atoms with van der Waals surface area (Å²) < 4.78 is 57.4. The Balaban J connectivity index is 2.35. The fraction of sp³-hybridized carbons (Fsp3) is 0.625. The van der Waals surface area contributed by atoms with Crippen molar-refractivity contribution in [2.75, 3.05) is 33.1 Å². The SMILES string of the molecule is COCC1(CNS(=O)(=O)c2cc(C)cc(S(C)(=O)=O)c2C)CCCN1. The molecular formula is C16H26N2O5S2. The number of nitrogens with one attached hydrogen (secondary N) is 2. The van der Waals surface area contributed by atoms with E-state index in [9.17, 15) is 16.8 Å². The number of aryl methyl sites for hydroxylation is 1. The molecule has 1 fully saturated rings. The van der Waals surface area contributed by atoms with Crippen molar-refractivity contribution in [3.8, 4) is 0 Å². The highest BCUT2D eigenvalue weighted by Gasteiger charge is 2.35. The van der Waals surface area contributed by atoms with Gasteiger partial charge in [-0.2, -0.15) is 0 Å². The smallest absolute Gasteiger partial charge is 0.240 e. The Bertz CT molecular complexity index is 842. The average Bonchev–Trinajstić information content (AvgIpc) is 2.96. The Morgan fingerprint density at radius 3 is 2.36 bits per heavy atom. The highest BCUT2D eigenvalue weighted by molar-refractivity contribution is 7.91. The van der Waals surface area contributed by atoms with Crippen LogP contribution in [0.1, 0.15) is 24.0 Å². The Morgan fingerprint density at radius 2 is 1.84 bits per heavy atom. The van der Waals surface area contributed by atoms with Gasteiger partial charge in [0, 0.05) is 19.9 Å². The molecule has 2 N–H and O–H groups in total. The molecule has 142 valence electrons. The first kappa shape index (κ1) is 20.3. The van der Waals surface area contributed by atoms with Gasteiger partial charge in [-0.3, -0.25) is 0 Å². The summed E-state index contributed by atoms with van der Waals surface area (Å²) in [4.78, 5) is 0.0389. The average molecular weight is 391 g/mol. The topological polar surface area (TPSA) is 102 Å². The molecule has 1 heterocycles. The third-order valence-electron chi connectivity index (χ3n) is 4.50. The van der Waals surface area contributed by atoms with Crippen molar-refractivity contribution in [3.05, 3.63) is 23.3 Å². The molecule has 9 heteroatoms. The largest absolute Gasteiger partial charge is 0.383 e. The number of sulfonamides is 1. The summed E-state index contributed by atoms with van der Waals surface area (Å²) in [6.07, 6.45) is 2.84. The van der Waals surface area contributed by atoms with Gasteiger partial charge in [-0.1, -0.05) is 0 Å². The Labute approximate surface area is 150 Å². The third-order valence-corrected chi connectivity index (χ3v) is 7.25. The molecule has 0 saturated carbocycles. The number of rotatable bonds is 7. The number of methoxy groups -OCH3 is 1. The molecule has 0 spiro atoms. The maximum atomic E-state index is 12.8. The molecule has 1 aliphatic rings. The minimum Gasteiger partial charge on any atom is -0.383 e. The monoisotopic (exact) mass is 390 g/mol. The lowest BCUT2D eigenvalue weighted by atomic mass is 9.99. The van der Waals surface area contributed by atoms with Crippen molar-refractivity contribution in [2.24, 2.45) is 0 Å². The van der Waals surface area contributed by atoms with Crippen LogP contribution < -0.4 is 10.0 Å². The van der Waals surface area contributed by atoms with Crippen LogP contribution in [0, 0.1) is 13.8 Å². The van der Waals surface area contributed by atoms with Gasteiger partial charge >= 0.3 is 0 Å². The maximum absolute atomic E-state index is 12.8. The van der Waals surface area contributed by atoms with E-state index >= 15 is 0 Å². The van der Waals surface area contributed by atoms with E-state index in [-0.39, 0.29) is 21.9 Å². The van der Waals surface area contributed by atoms with E-state index in [1.165, 1.54) is 19.1 Å². The van der Waals surface area contributed by atoms with Gasteiger partial charge in [-0.05, 0) is 56.5 Å². The molecule has 7 nitrogen and oxygen atoms in total. The normalized spacial score (nSPS) is 21.6. The number of ether oxygens (including phenoxy) is 1. The first-order valence-electron chi connectivity index (χ1n) is 8.06. The van der Waals surface area contributed by atoms with E-state index in [0.717, 1.165) is 25.6 Å². The van der Waals surface area contributed by atoms with Crippen LogP contribution in [-0.2, 0) is 24.6 Å². The zero-order chi connectivity index (χ0) is 18.9. The second kappa shape index (κ2) is 7.32. The Kier molecular flexibility index (Phi) is 5.95. The second-order valence-corrected chi connectivity index (χ2v) is 10.4. The predicted octanol–water partition coefficient (Wildman–Crippen LogP) is 0.754. The first-order chi connectivity index (χ1) is 11.5. The van der Waals surface area contributed by atoms with Crippen molar-refractivity contribution in [1.29, 1.82) is 0 Å². The quantitative estimate of drug-likeness (QED) is 0.713. The van der Waals surface area contributed by atoms with Crippen molar-refractivity contribution in [3.63, 3.8) is 0 Å². The molecule has 0 amide bonds. The van der Waals surface area contributed by atoms with Gasteiger partial charge in [0.1, 0.15) is 0 Å². The van der Waals surface area contributed by atoms with Crippen LogP contribution in [0.3, 0.4) is 0 Å². The molecule has 1 unspecified atom stereocenters. The lowest BCUT2D eigenvalue weighted by Crippen LogP contribution is -2.52. The minimum atomic E-state index is -3.85. The molecule has 0 radical (unpaired) electrons. The zero-order valence-electron chi connectivity index (χ0n) is 15.0. The third kappa shape index (κ3) is 4.59. The molecule has 2 rings (SSSR count). The van der Waals surface area contributed by atoms with Gasteiger partial charge in [0.15, 0.2) is 9.84 Å². The van der Waals surface area contributed by atoms with E-state index in [2.05, 4.69) is 10.0 Å². The lowest BCUT2D eigenvalue weighted by Gasteiger charge is -2.29. The van der Waals surface area contributed by atoms with Gasteiger partial charge in [0.25, 0.3) is 0 Å². The first-order valence-corrected chi connectivity index (χ1v) is 11.4. The summed E-state index contributed by atoms with van der Waals surface area (Å²) in [5.41, 5.74) is 0.386. The summed E-state index contributed by atoms with van der Waals surface area (Å²) in [5.74, 6) is 0. The zero-order valence-corrected chi connectivity index (χ0v) is 16.7. The van der Waals surface area contributed by atoms with Crippen LogP contribution >= 0.6 is 0 Å². The molecule has 0 aliphatic carbocycles. The molecular weight excluding hydrogens is 364 g/mol. The summed E-state index contributed by atoms with van der Waals surface area (Å²) >= 11 is 0.